The van der Waals surface area contributed by atoms with E-state index < -0.39 is 21.9 Å². The Morgan fingerprint density at radius 3 is 2.75 bits per heavy atom. The molecule has 8 heteroatoms. The Morgan fingerprint density at radius 2 is 2.20 bits per heavy atom. The third-order valence-corrected chi connectivity index (χ3v) is 5.26. The maximum Gasteiger partial charge on any atom is 0.307 e. The quantitative estimate of drug-likeness (QED) is 0.893. The van der Waals surface area contributed by atoms with Gasteiger partial charge in [0.1, 0.15) is 0 Å². The molecule has 0 unspecified atom stereocenters. The highest BCUT2D eigenvalue weighted by Crippen LogP contribution is 2.23. The fraction of sp³-hybridized carbons (Fsp3) is 0.667. The van der Waals surface area contributed by atoms with Crippen molar-refractivity contribution in [2.75, 3.05) is 13.1 Å². The largest absolute Gasteiger partial charge is 0.481 e. The highest BCUT2D eigenvalue weighted by atomic mass is 32.2. The van der Waals surface area contributed by atoms with Gasteiger partial charge in [0.2, 0.25) is 0 Å². The molecule has 0 radical (unpaired) electrons. The van der Waals surface area contributed by atoms with Crippen LogP contribution < -0.4 is 0 Å². The van der Waals surface area contributed by atoms with E-state index in [0.29, 0.717) is 19.4 Å². The Balaban J connectivity index is 2.22. The Kier molecular flexibility index (Phi) is 4.14. The first kappa shape index (κ1) is 15.0. The van der Waals surface area contributed by atoms with Gasteiger partial charge in [-0.05, 0) is 26.7 Å². The van der Waals surface area contributed by atoms with E-state index in [2.05, 4.69) is 4.98 Å². The second-order valence-electron chi connectivity index (χ2n) is 5.29. The van der Waals surface area contributed by atoms with Crippen molar-refractivity contribution in [3.8, 4) is 0 Å². The van der Waals surface area contributed by atoms with Gasteiger partial charge < -0.3 is 9.67 Å². The summed E-state index contributed by atoms with van der Waals surface area (Å²) in [4.78, 5) is 15.0. The number of sulfonamides is 1. The number of aromatic nitrogens is 2. The van der Waals surface area contributed by atoms with Crippen LogP contribution in [0.1, 0.15) is 32.7 Å². The first-order valence-electron chi connectivity index (χ1n) is 6.59. The van der Waals surface area contributed by atoms with Crippen molar-refractivity contribution in [2.24, 2.45) is 5.92 Å². The summed E-state index contributed by atoms with van der Waals surface area (Å²) < 4.78 is 27.8. The van der Waals surface area contributed by atoms with Crippen LogP contribution >= 0.6 is 0 Å². The molecule has 20 heavy (non-hydrogen) atoms. The van der Waals surface area contributed by atoms with Gasteiger partial charge in [-0.2, -0.15) is 4.31 Å². The first-order valence-corrected chi connectivity index (χ1v) is 8.03. The summed E-state index contributed by atoms with van der Waals surface area (Å²) in [5, 5.41) is 9.01. The number of nitrogens with zero attached hydrogens (tertiary/aromatic N) is 3. The zero-order valence-corrected chi connectivity index (χ0v) is 12.4. The Labute approximate surface area is 118 Å². The predicted molar refractivity (Wildman–Crippen MR) is 71.7 cm³/mol. The number of hydrogen-bond acceptors (Lipinski definition) is 4. The highest BCUT2D eigenvalue weighted by Gasteiger charge is 2.34. The second-order valence-corrected chi connectivity index (χ2v) is 7.18. The van der Waals surface area contributed by atoms with E-state index in [-0.39, 0.29) is 17.6 Å². The van der Waals surface area contributed by atoms with Gasteiger partial charge in [-0.25, -0.2) is 13.4 Å². The monoisotopic (exact) mass is 301 g/mol. The van der Waals surface area contributed by atoms with Gasteiger partial charge in [-0.1, -0.05) is 0 Å². The zero-order chi connectivity index (χ0) is 14.9. The van der Waals surface area contributed by atoms with Gasteiger partial charge >= 0.3 is 5.97 Å². The fourth-order valence-corrected chi connectivity index (χ4v) is 3.67. The molecule has 1 N–H and O–H groups in total. The summed E-state index contributed by atoms with van der Waals surface area (Å²) in [5.41, 5.74) is 0. The Bertz CT molecular complexity index is 594. The Hall–Kier alpha value is -1.41. The molecule has 0 bridgehead atoms. The number of hydrogen-bond donors (Lipinski definition) is 1. The maximum atomic E-state index is 12.4. The second kappa shape index (κ2) is 5.53. The molecule has 0 saturated carbocycles. The summed E-state index contributed by atoms with van der Waals surface area (Å²) in [6.07, 6.45) is 4.05. The standard InChI is InChI=1S/C12H19N3O4S/c1-9(2)14-7-11(13-8-14)20(18,19)15-5-3-4-10(6-15)12(16)17/h7-10H,3-6H2,1-2H3,(H,16,17)/t10-/m0/s1. The predicted octanol–water partition coefficient (Wildman–Crippen LogP) is 0.949. The van der Waals surface area contributed by atoms with E-state index >= 15 is 0 Å². The summed E-state index contributed by atoms with van der Waals surface area (Å²) in [5.74, 6) is -1.58. The van der Waals surface area contributed by atoms with Crippen molar-refractivity contribution < 1.29 is 18.3 Å². The molecule has 2 rings (SSSR count). The van der Waals surface area contributed by atoms with Crippen LogP contribution in [-0.4, -0.2) is 46.4 Å². The summed E-state index contributed by atoms with van der Waals surface area (Å²) in [6.45, 7) is 4.23. The summed E-state index contributed by atoms with van der Waals surface area (Å²) in [7, 11) is -3.70. The van der Waals surface area contributed by atoms with Crippen LogP contribution in [0.4, 0.5) is 0 Å². The average molecular weight is 301 g/mol. The van der Waals surface area contributed by atoms with Crippen LogP contribution in [0.2, 0.25) is 0 Å². The van der Waals surface area contributed by atoms with Crippen LogP contribution in [-0.2, 0) is 14.8 Å². The van der Waals surface area contributed by atoms with Crippen molar-refractivity contribution >= 4 is 16.0 Å². The molecular weight excluding hydrogens is 282 g/mol. The highest BCUT2D eigenvalue weighted by molar-refractivity contribution is 7.89. The zero-order valence-electron chi connectivity index (χ0n) is 11.6. The number of carboxylic acids is 1. The van der Waals surface area contributed by atoms with E-state index in [1.807, 2.05) is 13.8 Å². The molecule has 1 aliphatic rings. The van der Waals surface area contributed by atoms with Gasteiger partial charge in [0.05, 0.1) is 12.2 Å². The number of imidazole rings is 1. The van der Waals surface area contributed by atoms with Crippen LogP contribution in [0, 0.1) is 5.92 Å². The molecule has 1 aliphatic heterocycles. The number of carboxylic acid groups (broad SMARTS) is 1. The average Bonchev–Trinajstić information content (AvgIpc) is 2.89. The molecule has 0 spiro atoms. The number of piperidine rings is 1. The van der Waals surface area contributed by atoms with Crippen molar-refractivity contribution in [3.63, 3.8) is 0 Å². The SMILES string of the molecule is CC(C)n1cnc(S(=O)(=O)N2CCC[C@H](C(=O)O)C2)c1. The van der Waals surface area contributed by atoms with E-state index in [1.165, 1.54) is 16.8 Å². The molecule has 2 heterocycles. The molecule has 7 nitrogen and oxygen atoms in total. The van der Waals surface area contributed by atoms with Crippen molar-refractivity contribution in [2.45, 2.75) is 37.8 Å². The number of rotatable bonds is 4. The molecule has 1 fully saturated rings. The van der Waals surface area contributed by atoms with Crippen LogP contribution in [0.3, 0.4) is 0 Å². The number of carbonyl (C=O) groups is 1. The van der Waals surface area contributed by atoms with Crippen LogP contribution in [0.5, 0.6) is 0 Å². The topological polar surface area (TPSA) is 92.5 Å². The molecule has 0 aromatic carbocycles. The smallest absolute Gasteiger partial charge is 0.307 e. The molecule has 0 aliphatic carbocycles. The minimum atomic E-state index is -3.70. The molecule has 112 valence electrons. The molecular formula is C12H19N3O4S. The normalized spacial score (nSPS) is 21.2. The van der Waals surface area contributed by atoms with Gasteiger partial charge in [-0.15, -0.1) is 0 Å². The fourth-order valence-electron chi connectivity index (χ4n) is 2.23. The lowest BCUT2D eigenvalue weighted by Crippen LogP contribution is -2.42. The molecule has 1 aromatic heterocycles. The van der Waals surface area contributed by atoms with Gasteiger partial charge in [0, 0.05) is 25.3 Å². The minimum Gasteiger partial charge on any atom is -0.481 e. The van der Waals surface area contributed by atoms with E-state index in [0.717, 1.165) is 0 Å². The Morgan fingerprint density at radius 1 is 1.50 bits per heavy atom. The molecule has 1 aromatic rings. The van der Waals surface area contributed by atoms with E-state index in [9.17, 15) is 13.2 Å². The van der Waals surface area contributed by atoms with Crippen LogP contribution in [0.15, 0.2) is 17.6 Å². The minimum absolute atomic E-state index is 0.0164. The molecule has 0 amide bonds. The molecule has 1 atom stereocenters. The maximum absolute atomic E-state index is 12.4. The molecule has 1 saturated heterocycles. The first-order chi connectivity index (χ1) is 9.32. The lowest BCUT2D eigenvalue weighted by atomic mass is 10.0. The van der Waals surface area contributed by atoms with Crippen molar-refractivity contribution in [3.05, 3.63) is 12.5 Å². The summed E-state index contributed by atoms with van der Waals surface area (Å²) >= 11 is 0. The van der Waals surface area contributed by atoms with Gasteiger partial charge in [0.15, 0.2) is 5.03 Å². The lowest BCUT2D eigenvalue weighted by Gasteiger charge is -2.29. The summed E-state index contributed by atoms with van der Waals surface area (Å²) in [6, 6.07) is 0.125. The van der Waals surface area contributed by atoms with Crippen LogP contribution in [0.25, 0.3) is 0 Å². The van der Waals surface area contributed by atoms with E-state index in [1.54, 1.807) is 4.57 Å². The van der Waals surface area contributed by atoms with Gasteiger partial charge in [0.25, 0.3) is 10.0 Å². The lowest BCUT2D eigenvalue weighted by molar-refractivity contribution is -0.142. The number of aliphatic carboxylic acids is 1. The third-order valence-electron chi connectivity index (χ3n) is 3.51. The van der Waals surface area contributed by atoms with Crippen molar-refractivity contribution in [1.29, 1.82) is 0 Å². The third kappa shape index (κ3) is 2.85. The van der Waals surface area contributed by atoms with Gasteiger partial charge in [-0.3, -0.25) is 4.79 Å². The van der Waals surface area contributed by atoms with Crippen molar-refractivity contribution in [1.82, 2.24) is 13.9 Å². The van der Waals surface area contributed by atoms with E-state index in [4.69, 9.17) is 5.11 Å².